The Morgan fingerprint density at radius 1 is 0.789 bits per heavy atom. The average molecular weight is 834 g/mol. The highest BCUT2D eigenvalue weighted by molar-refractivity contribution is 7.92. The topological polar surface area (TPSA) is 117 Å². The molecule has 2 fully saturated rings. The van der Waals surface area contributed by atoms with Crippen LogP contribution in [0, 0.1) is 34.2 Å². The van der Waals surface area contributed by atoms with E-state index in [1.807, 2.05) is 6.07 Å². The van der Waals surface area contributed by atoms with E-state index in [2.05, 4.69) is 4.74 Å². The van der Waals surface area contributed by atoms with Gasteiger partial charge in [0.05, 0.1) is 17.6 Å². The van der Waals surface area contributed by atoms with Crippen LogP contribution in [0.1, 0.15) is 56.7 Å². The van der Waals surface area contributed by atoms with Gasteiger partial charge in [0, 0.05) is 37.3 Å². The number of carbonyl (C=O) groups is 2. The molecule has 2 amide bonds. The molecule has 5 rings (SSSR count). The molecule has 2 saturated heterocycles. The number of hydrogen-bond acceptors (Lipinski definition) is 7. The highest BCUT2D eigenvalue weighted by Crippen LogP contribution is 2.54. The highest BCUT2D eigenvalue weighted by atomic mass is 32.2. The molecular formula is C38H36F9N3O6S. The molecule has 19 heteroatoms. The van der Waals surface area contributed by atoms with Gasteiger partial charge in [-0.2, -0.15) is 31.6 Å². The number of likely N-dealkylation sites (tertiary alicyclic amines) is 2. The number of benzene rings is 3. The molecule has 0 N–H and O–H groups in total. The normalized spacial score (nSPS) is 19.3. The average Bonchev–Trinajstić information content (AvgIpc) is 3.59. The predicted molar refractivity (Wildman–Crippen MR) is 183 cm³/mol. The molecule has 2 heterocycles. The van der Waals surface area contributed by atoms with Crippen molar-refractivity contribution in [3.05, 3.63) is 101 Å². The van der Waals surface area contributed by atoms with Gasteiger partial charge in [0.15, 0.2) is 9.84 Å². The molecule has 0 bridgehead atoms. The Morgan fingerprint density at radius 3 is 1.81 bits per heavy atom. The van der Waals surface area contributed by atoms with Crippen molar-refractivity contribution in [1.29, 1.82) is 5.26 Å². The van der Waals surface area contributed by atoms with Crippen molar-refractivity contribution in [3.63, 3.8) is 0 Å². The maximum atomic E-state index is 14.7. The van der Waals surface area contributed by atoms with Crippen LogP contribution in [-0.2, 0) is 41.1 Å². The number of sulfone groups is 1. The van der Waals surface area contributed by atoms with E-state index in [0.29, 0.717) is 36.4 Å². The molecule has 2 aliphatic heterocycles. The van der Waals surface area contributed by atoms with Crippen molar-refractivity contribution in [3.8, 4) is 6.07 Å². The Bertz CT molecular complexity index is 2110. The fourth-order valence-electron chi connectivity index (χ4n) is 7.07. The van der Waals surface area contributed by atoms with Crippen LogP contribution in [0.15, 0.2) is 71.6 Å². The van der Waals surface area contributed by atoms with Gasteiger partial charge in [0.2, 0.25) is 5.91 Å². The van der Waals surface area contributed by atoms with E-state index in [0.717, 1.165) is 35.2 Å². The number of nitrogens with zero attached hydrogens (tertiary/aromatic N) is 3. The standard InChI is InChI=1S/C38H36F9N3O6S/c1-33(2,3)56-32(52)49-18-15-34(22-48,16-19-49)31(51)50-20-17-35(23-50,57(53,54)27-13-11-26(39)12-14-27)24-7-9-25(10-8-24)36(37(42,43)44,38(45,46)47)55-21-28-29(40)5-4-6-30(28)41/h4-14H,15-21,23H2,1-3H3. The van der Waals surface area contributed by atoms with Crippen LogP contribution < -0.4 is 0 Å². The zero-order valence-corrected chi connectivity index (χ0v) is 31.4. The number of piperidine rings is 1. The summed E-state index contributed by atoms with van der Waals surface area (Å²) in [6.45, 7) is 1.93. The van der Waals surface area contributed by atoms with E-state index in [9.17, 15) is 62.8 Å². The second-order valence-electron chi connectivity index (χ2n) is 14.8. The Kier molecular flexibility index (Phi) is 11.5. The molecule has 57 heavy (non-hydrogen) atoms. The maximum absolute atomic E-state index is 14.7. The zero-order chi connectivity index (χ0) is 42.4. The first kappa shape index (κ1) is 43.3. The van der Waals surface area contributed by atoms with Gasteiger partial charge in [-0.1, -0.05) is 30.3 Å². The fraction of sp³-hybridized carbons (Fsp3) is 0.447. The Hall–Kier alpha value is -4.83. The third-order valence-electron chi connectivity index (χ3n) is 10.2. The second kappa shape index (κ2) is 15.2. The summed E-state index contributed by atoms with van der Waals surface area (Å²) in [5.41, 5.74) is -10.9. The first-order valence-electron chi connectivity index (χ1n) is 17.3. The van der Waals surface area contributed by atoms with E-state index in [1.54, 1.807) is 20.8 Å². The predicted octanol–water partition coefficient (Wildman–Crippen LogP) is 8.08. The molecule has 0 aliphatic carbocycles. The molecular weight excluding hydrogens is 797 g/mol. The first-order valence-corrected chi connectivity index (χ1v) is 18.8. The lowest BCUT2D eigenvalue weighted by Crippen LogP contribution is -2.56. The monoisotopic (exact) mass is 833 g/mol. The number of rotatable bonds is 8. The minimum absolute atomic E-state index is 0.0751. The van der Waals surface area contributed by atoms with Crippen molar-refractivity contribution >= 4 is 21.8 Å². The summed E-state index contributed by atoms with van der Waals surface area (Å²) in [6, 6.07) is 9.53. The van der Waals surface area contributed by atoms with Crippen LogP contribution in [0.2, 0.25) is 0 Å². The van der Waals surface area contributed by atoms with Crippen LogP contribution in [0.4, 0.5) is 44.3 Å². The minimum Gasteiger partial charge on any atom is -0.444 e. The quantitative estimate of drug-likeness (QED) is 0.167. The SMILES string of the molecule is CC(C)(C)OC(=O)N1CCC(C#N)(C(=O)N2CCC(c3ccc(C(OCc4c(F)cccc4F)(C(F)(F)F)C(F)(F)F)cc3)(S(=O)(=O)c3ccc(F)cc3)C2)CC1. The summed E-state index contributed by atoms with van der Waals surface area (Å²) in [5, 5.41) is 10.3. The van der Waals surface area contributed by atoms with Crippen molar-refractivity contribution in [2.45, 2.75) is 79.8 Å². The van der Waals surface area contributed by atoms with Crippen molar-refractivity contribution < 1.29 is 67.0 Å². The second-order valence-corrected chi connectivity index (χ2v) is 17.1. The first-order chi connectivity index (χ1) is 26.3. The van der Waals surface area contributed by atoms with Gasteiger partial charge in [-0.05, 0) is 82.0 Å². The molecule has 308 valence electrons. The lowest BCUT2D eigenvalue weighted by atomic mass is 9.78. The van der Waals surface area contributed by atoms with E-state index >= 15 is 0 Å². The molecule has 9 nitrogen and oxygen atoms in total. The smallest absolute Gasteiger partial charge is 0.430 e. The molecule has 0 radical (unpaired) electrons. The Balaban J connectivity index is 1.55. The van der Waals surface area contributed by atoms with Crippen molar-refractivity contribution in [1.82, 2.24) is 9.80 Å². The third kappa shape index (κ3) is 7.90. The maximum Gasteiger partial charge on any atom is 0.430 e. The van der Waals surface area contributed by atoms with Crippen LogP contribution in [-0.4, -0.2) is 74.4 Å². The lowest BCUT2D eigenvalue weighted by Gasteiger charge is -2.39. The Morgan fingerprint density at radius 2 is 1.32 bits per heavy atom. The largest absolute Gasteiger partial charge is 0.444 e. The molecule has 3 aromatic carbocycles. The van der Waals surface area contributed by atoms with Gasteiger partial charge in [-0.3, -0.25) is 4.79 Å². The van der Waals surface area contributed by atoms with E-state index in [-0.39, 0.29) is 38.0 Å². The number of carbonyl (C=O) groups excluding carboxylic acids is 2. The summed E-state index contributed by atoms with van der Waals surface area (Å²) in [4.78, 5) is 28.7. The summed E-state index contributed by atoms with van der Waals surface area (Å²) < 4.78 is 167. The van der Waals surface area contributed by atoms with Gasteiger partial charge in [0.25, 0.3) is 5.60 Å². The number of ether oxygens (including phenoxy) is 2. The summed E-state index contributed by atoms with van der Waals surface area (Å²) >= 11 is 0. The van der Waals surface area contributed by atoms with Crippen molar-refractivity contribution in [2.24, 2.45) is 5.41 Å². The third-order valence-corrected chi connectivity index (χ3v) is 12.7. The number of nitriles is 1. The van der Waals surface area contributed by atoms with Gasteiger partial charge >= 0.3 is 18.4 Å². The fourth-order valence-corrected chi connectivity index (χ4v) is 9.15. The molecule has 2 aliphatic rings. The molecule has 1 atom stereocenters. The number of amides is 2. The van der Waals surface area contributed by atoms with Crippen LogP contribution in [0.5, 0.6) is 0 Å². The van der Waals surface area contributed by atoms with Crippen LogP contribution in [0.3, 0.4) is 0 Å². The minimum atomic E-state index is -6.28. The number of hydrogen-bond donors (Lipinski definition) is 0. The molecule has 0 spiro atoms. The van der Waals surface area contributed by atoms with E-state index in [4.69, 9.17) is 4.74 Å². The summed E-state index contributed by atoms with van der Waals surface area (Å²) in [5.74, 6) is -4.58. The molecule has 3 aromatic rings. The molecule has 0 aromatic heterocycles. The van der Waals surface area contributed by atoms with Gasteiger partial charge < -0.3 is 19.3 Å². The van der Waals surface area contributed by atoms with Crippen LogP contribution in [0.25, 0.3) is 0 Å². The van der Waals surface area contributed by atoms with E-state index < -0.39 is 109 Å². The lowest BCUT2D eigenvalue weighted by molar-refractivity contribution is -0.392. The van der Waals surface area contributed by atoms with Gasteiger partial charge in [0.1, 0.15) is 33.2 Å². The highest BCUT2D eigenvalue weighted by Gasteiger charge is 2.73. The van der Waals surface area contributed by atoms with Crippen molar-refractivity contribution in [2.75, 3.05) is 26.2 Å². The Labute approximate surface area is 321 Å². The van der Waals surface area contributed by atoms with Gasteiger partial charge in [-0.25, -0.2) is 26.4 Å². The van der Waals surface area contributed by atoms with E-state index in [1.165, 1.54) is 4.90 Å². The zero-order valence-electron chi connectivity index (χ0n) is 30.6. The number of alkyl halides is 6. The molecule has 1 unspecified atom stereocenters. The summed E-state index contributed by atoms with van der Waals surface area (Å²) in [6.07, 6.45) is -14.0. The molecule has 0 saturated carbocycles. The van der Waals surface area contributed by atoms with Crippen LogP contribution >= 0.6 is 0 Å². The summed E-state index contributed by atoms with van der Waals surface area (Å²) in [7, 11) is -4.76. The van der Waals surface area contributed by atoms with Gasteiger partial charge in [-0.15, -0.1) is 0 Å². The number of halogens is 9.